The first-order chi connectivity index (χ1) is 23.6. The second kappa shape index (κ2) is 14.1. The molecule has 2 fully saturated rings. The number of pyridine rings is 1. The van der Waals surface area contributed by atoms with Gasteiger partial charge in [0.25, 0.3) is 0 Å². The normalized spacial score (nSPS) is 21.9. The number of aliphatic carboxylic acids is 1. The van der Waals surface area contributed by atoms with Crippen LogP contribution in [0.4, 0.5) is 5.13 Å². The van der Waals surface area contributed by atoms with E-state index in [0.717, 1.165) is 0 Å². The van der Waals surface area contributed by atoms with Crippen molar-refractivity contribution in [2.24, 2.45) is 22.1 Å². The molecule has 1 saturated heterocycles. The molecule has 4 amide bonds. The molecule has 1 radical (unpaired) electrons. The van der Waals surface area contributed by atoms with Crippen LogP contribution in [-0.2, 0) is 24.0 Å². The number of anilines is 1. The molecule has 5 atom stereocenters. The molecule has 3 N–H and O–H groups in total. The van der Waals surface area contributed by atoms with Crippen molar-refractivity contribution in [2.75, 3.05) is 19.0 Å². The molecule has 1 aliphatic heterocycles. The van der Waals surface area contributed by atoms with Crippen molar-refractivity contribution in [1.82, 2.24) is 20.2 Å². The van der Waals surface area contributed by atoms with Gasteiger partial charge in [0.05, 0.1) is 7.11 Å². The van der Waals surface area contributed by atoms with E-state index in [1.807, 2.05) is 0 Å². The fourth-order valence-electron chi connectivity index (χ4n) is 6.20. The van der Waals surface area contributed by atoms with Crippen molar-refractivity contribution in [2.45, 2.75) is 64.6 Å². The zero-order valence-electron chi connectivity index (χ0n) is 28.4. The van der Waals surface area contributed by atoms with Crippen molar-refractivity contribution in [3.05, 3.63) is 42.3 Å². The Hall–Kier alpha value is -4.99. The maximum absolute atomic E-state index is 14.3. The monoisotopic (exact) mass is 701 g/mol. The van der Waals surface area contributed by atoms with E-state index in [-0.39, 0.29) is 31.7 Å². The molecule has 5 rings (SSSR count). The Morgan fingerprint density at radius 3 is 2.56 bits per heavy atom. The van der Waals surface area contributed by atoms with Crippen LogP contribution in [0.3, 0.4) is 0 Å². The van der Waals surface area contributed by atoms with Crippen LogP contribution < -0.4 is 20.1 Å². The van der Waals surface area contributed by atoms with Gasteiger partial charge in [0.2, 0.25) is 5.91 Å². The van der Waals surface area contributed by atoms with Crippen LogP contribution in [0.15, 0.2) is 47.2 Å². The quantitative estimate of drug-likeness (QED) is 0.185. The van der Waals surface area contributed by atoms with Gasteiger partial charge in [-0.25, -0.2) is 9.97 Å². The molecule has 5 unspecified atom stereocenters. The Morgan fingerprint density at radius 2 is 1.96 bits per heavy atom. The van der Waals surface area contributed by atoms with E-state index in [9.17, 15) is 29.1 Å². The van der Waals surface area contributed by atoms with Gasteiger partial charge in [-0.1, -0.05) is 0 Å². The van der Waals surface area contributed by atoms with Crippen LogP contribution >= 0.6 is 11.3 Å². The summed E-state index contributed by atoms with van der Waals surface area (Å²) in [4.78, 5) is 78.2. The van der Waals surface area contributed by atoms with Gasteiger partial charge in [-0.3, -0.25) is 4.79 Å². The molecule has 261 valence electrons. The topological polar surface area (TPSA) is 189 Å². The third kappa shape index (κ3) is 7.44. The Morgan fingerprint density at radius 1 is 1.22 bits per heavy atom. The number of carbonyl (C=O) groups is 5. The summed E-state index contributed by atoms with van der Waals surface area (Å²) in [5.74, 6) is -3.70. The molecule has 3 heterocycles. The van der Waals surface area contributed by atoms with Crippen molar-refractivity contribution < 1.29 is 38.6 Å². The Kier molecular flexibility index (Phi) is 10.2. The molecule has 50 heavy (non-hydrogen) atoms. The summed E-state index contributed by atoms with van der Waals surface area (Å²) in [7, 11) is 6.77. The van der Waals surface area contributed by atoms with Crippen LogP contribution in [0.5, 0.6) is 11.5 Å². The van der Waals surface area contributed by atoms with Gasteiger partial charge < -0.3 is 10.1 Å². The third-order valence-corrected chi connectivity index (χ3v) is 9.82. The first-order valence-corrected chi connectivity index (χ1v) is 16.8. The van der Waals surface area contributed by atoms with Crippen molar-refractivity contribution in [3.8, 4) is 22.9 Å². The minimum absolute atomic E-state index is 0.0246. The van der Waals surface area contributed by atoms with Crippen molar-refractivity contribution >= 4 is 64.6 Å². The number of hydrogen-bond donors (Lipinski definition) is 3. The SMILES string of the molecule is [B]=NC(=O)CC(C(=O)N1CC(Oc2cc(-c3csc(NC(C)=O)n3)nc3cc(OC)ccc23)CC1C(=O)NC1(C(=O)O)CC1C=C)C(C)(C)C. The second-order valence-corrected chi connectivity index (χ2v) is 14.4. The molecule has 16 heteroatoms. The number of benzene rings is 1. The van der Waals surface area contributed by atoms with Gasteiger partial charge >= 0.3 is 198 Å². The van der Waals surface area contributed by atoms with Gasteiger partial charge in [-0.15, -0.1) is 17.9 Å². The average Bonchev–Trinajstić information content (AvgIpc) is 3.35. The van der Waals surface area contributed by atoms with Gasteiger partial charge in [0.15, 0.2) is 5.13 Å². The Labute approximate surface area is 293 Å². The van der Waals surface area contributed by atoms with Gasteiger partial charge in [0.1, 0.15) is 11.4 Å². The summed E-state index contributed by atoms with van der Waals surface area (Å²) in [5, 5.41) is 18.1. The molecule has 2 aromatic heterocycles. The van der Waals surface area contributed by atoms with Gasteiger partial charge in [0, 0.05) is 18.4 Å². The number of carboxylic acid groups (broad SMARTS) is 1. The minimum atomic E-state index is -1.52. The average molecular weight is 702 g/mol. The number of thiazole rings is 1. The molecule has 14 nitrogen and oxygen atoms in total. The molecular weight excluding hydrogens is 663 g/mol. The zero-order valence-corrected chi connectivity index (χ0v) is 29.2. The predicted octanol–water partition coefficient (Wildman–Crippen LogP) is 3.75. The van der Waals surface area contributed by atoms with E-state index in [1.54, 1.807) is 50.4 Å². The van der Waals surface area contributed by atoms with Crippen LogP contribution in [-0.4, -0.2) is 88.6 Å². The van der Waals surface area contributed by atoms with E-state index in [0.29, 0.717) is 38.9 Å². The summed E-state index contributed by atoms with van der Waals surface area (Å²) >= 11 is 1.23. The fraction of sp³-hybridized carbons (Fsp3) is 0.441. The third-order valence-electron chi connectivity index (χ3n) is 9.06. The number of amides is 4. The summed E-state index contributed by atoms with van der Waals surface area (Å²) < 4.78 is 12.0. The number of likely N-dealkylation sites (tertiary alicyclic amines) is 1. The fourth-order valence-corrected chi connectivity index (χ4v) is 6.95. The Bertz CT molecular complexity index is 1890. The number of nitrogens with zero attached hydrogens (tertiary/aromatic N) is 4. The number of carboxylic acids is 1. The first-order valence-electron chi connectivity index (χ1n) is 15.9. The maximum atomic E-state index is 14.3. The second-order valence-electron chi connectivity index (χ2n) is 13.5. The van der Waals surface area contributed by atoms with Crippen molar-refractivity contribution in [3.63, 3.8) is 0 Å². The van der Waals surface area contributed by atoms with E-state index < -0.39 is 58.6 Å². The molecule has 3 aromatic rings. The van der Waals surface area contributed by atoms with Gasteiger partial charge in [-0.2, -0.15) is 0 Å². The number of methoxy groups -OCH3 is 1. The van der Waals surface area contributed by atoms with E-state index in [4.69, 9.17) is 22.1 Å². The molecule has 2 aliphatic rings. The first kappa shape index (κ1) is 36.3. The number of carbonyl (C=O) groups excluding carboxylic acids is 4. The molecule has 1 saturated carbocycles. The molecule has 0 spiro atoms. The van der Waals surface area contributed by atoms with Crippen LogP contribution in [0, 0.1) is 17.3 Å². The van der Waals surface area contributed by atoms with E-state index in [1.165, 1.54) is 36.3 Å². The van der Waals surface area contributed by atoms with Crippen LogP contribution in [0.1, 0.15) is 47.0 Å². The number of nitrogens with one attached hydrogen (secondary N) is 2. The summed E-state index contributed by atoms with van der Waals surface area (Å²) in [5.41, 5.74) is -0.794. The number of hydrogen-bond acceptors (Lipinski definition) is 10. The molecular formula is C34H38BN6O8S. The van der Waals surface area contributed by atoms with E-state index in [2.05, 4.69) is 27.1 Å². The van der Waals surface area contributed by atoms with Gasteiger partial charge in [-0.05, 0) is 6.07 Å². The zero-order chi connectivity index (χ0) is 36.5. The summed E-state index contributed by atoms with van der Waals surface area (Å²) in [6, 6.07) is 5.84. The molecule has 1 aromatic carbocycles. The number of fused-ring (bicyclic) bond motifs is 1. The Balaban J connectivity index is 1.52. The summed E-state index contributed by atoms with van der Waals surface area (Å²) in [6.45, 7) is 10.4. The predicted molar refractivity (Wildman–Crippen MR) is 186 cm³/mol. The van der Waals surface area contributed by atoms with E-state index >= 15 is 0 Å². The van der Waals surface area contributed by atoms with Crippen molar-refractivity contribution in [1.29, 1.82) is 0 Å². The molecule has 0 bridgehead atoms. The number of rotatable bonds is 12. The summed E-state index contributed by atoms with van der Waals surface area (Å²) in [6.07, 6.45) is 0.673. The molecule has 1 aliphatic carbocycles. The standard InChI is InChI=1S/C34H38BN6O8S/c1-7-18-14-34(18,31(46)47)39-29(44)26-11-20(15-41(26)30(45)22(33(3,4)5)12-28(43)40-35)49-27-13-24(25-16-50-32(38-25)36-17(2)42)37-23-10-19(48-6)8-9-21(23)27/h7-10,13,16,18,20,22,26H,1,11-12,14-15H2,2-6H3,(H,39,44)(H,46,47)(H,36,38,42). The van der Waals surface area contributed by atoms with Crippen LogP contribution in [0.2, 0.25) is 0 Å². The van der Waals surface area contributed by atoms with Crippen LogP contribution in [0.25, 0.3) is 22.3 Å². The number of aromatic nitrogens is 2. The number of ether oxygens (including phenoxy) is 2.